The number of carbonyl (C=O) groups excluding carboxylic acids is 1. The SMILES string of the molecule is CCOP(=O)(OCC)OC1=C(P(=O)(OC)OC)N(C(=O)OC(C)(C)C)[C@@H](C(C)(C)C)C1. The van der Waals surface area contributed by atoms with E-state index in [1.165, 1.54) is 19.1 Å². The van der Waals surface area contributed by atoms with E-state index >= 15 is 0 Å². The lowest BCUT2D eigenvalue weighted by atomic mass is 9.85. The summed E-state index contributed by atoms with van der Waals surface area (Å²) in [5.74, 6) is -0.0250. The summed E-state index contributed by atoms with van der Waals surface area (Å²) in [6.07, 6.45) is -0.670. The van der Waals surface area contributed by atoms with E-state index < -0.39 is 38.6 Å². The van der Waals surface area contributed by atoms with Gasteiger partial charge in [-0.15, -0.1) is 0 Å². The van der Waals surface area contributed by atoms with Gasteiger partial charge in [0.1, 0.15) is 11.4 Å². The number of rotatable bonds is 9. The molecule has 0 aromatic rings. The van der Waals surface area contributed by atoms with Crippen molar-refractivity contribution >= 4 is 21.5 Å². The normalized spacial score (nSPS) is 18.5. The molecule has 0 unspecified atom stereocenters. The second kappa shape index (κ2) is 10.4. The second-order valence-electron chi connectivity index (χ2n) is 8.92. The van der Waals surface area contributed by atoms with E-state index in [1.54, 1.807) is 34.6 Å². The van der Waals surface area contributed by atoms with E-state index in [0.717, 1.165) is 0 Å². The molecule has 1 amide bonds. The smallest absolute Gasteiger partial charge is 0.443 e. The zero-order chi connectivity index (χ0) is 24.3. The van der Waals surface area contributed by atoms with Crippen LogP contribution in [-0.4, -0.2) is 50.1 Å². The third-order valence-electron chi connectivity index (χ3n) is 4.29. The standard InChI is InChI=1S/C19H37NO9P2/c1-11-26-31(23,27-12-2)29-14-13-15(18(3,4)5)20(17(21)28-19(6,7)8)16(14)30(22,24-9)25-10/h15H,11-13H2,1-10H3/t15-/m1/s1. The summed E-state index contributed by atoms with van der Waals surface area (Å²) >= 11 is 0. The number of amides is 1. The summed E-state index contributed by atoms with van der Waals surface area (Å²) in [4.78, 5) is 14.4. The van der Waals surface area contributed by atoms with Crippen LogP contribution in [0.5, 0.6) is 0 Å². The van der Waals surface area contributed by atoms with Crippen molar-refractivity contribution in [3.63, 3.8) is 0 Å². The molecule has 0 aromatic carbocycles. The molecule has 0 radical (unpaired) electrons. The lowest BCUT2D eigenvalue weighted by Gasteiger charge is -2.37. The number of hydrogen-bond donors (Lipinski definition) is 0. The third-order valence-corrected chi connectivity index (χ3v) is 7.83. The zero-order valence-corrected chi connectivity index (χ0v) is 22.0. The molecule has 0 aliphatic carbocycles. The Balaban J connectivity index is 3.71. The van der Waals surface area contributed by atoms with Crippen LogP contribution in [-0.2, 0) is 36.5 Å². The molecule has 0 fully saturated rings. The average molecular weight is 485 g/mol. The molecule has 0 N–H and O–H groups in total. The van der Waals surface area contributed by atoms with Gasteiger partial charge in [-0.3, -0.25) is 18.5 Å². The molecule has 0 saturated heterocycles. The molecule has 0 spiro atoms. The maximum Gasteiger partial charge on any atom is 0.529 e. The van der Waals surface area contributed by atoms with Crippen molar-refractivity contribution in [2.24, 2.45) is 5.41 Å². The maximum atomic E-state index is 13.5. The van der Waals surface area contributed by atoms with Gasteiger partial charge in [-0.1, -0.05) is 20.8 Å². The third kappa shape index (κ3) is 7.04. The van der Waals surface area contributed by atoms with Gasteiger partial charge < -0.3 is 18.3 Å². The largest absolute Gasteiger partial charge is 0.529 e. The lowest BCUT2D eigenvalue weighted by Crippen LogP contribution is -2.45. The molecule has 1 heterocycles. The number of phosphoric acid groups is 1. The Labute approximate surface area is 185 Å². The fraction of sp³-hybridized carbons (Fsp3) is 0.842. The highest BCUT2D eigenvalue weighted by atomic mass is 31.2. The Morgan fingerprint density at radius 2 is 1.48 bits per heavy atom. The van der Waals surface area contributed by atoms with Crippen molar-refractivity contribution in [1.82, 2.24) is 4.90 Å². The predicted octanol–water partition coefficient (Wildman–Crippen LogP) is 5.89. The first kappa shape index (κ1) is 28.1. The van der Waals surface area contributed by atoms with E-state index in [-0.39, 0.29) is 30.8 Å². The van der Waals surface area contributed by atoms with Gasteiger partial charge in [-0.2, -0.15) is 0 Å². The Morgan fingerprint density at radius 1 is 1.00 bits per heavy atom. The molecule has 10 nitrogen and oxygen atoms in total. The van der Waals surface area contributed by atoms with Crippen LogP contribution >= 0.6 is 15.4 Å². The number of phosphoric ester groups is 1. The number of ether oxygens (including phenoxy) is 1. The van der Waals surface area contributed by atoms with Crippen LogP contribution in [0.15, 0.2) is 11.2 Å². The van der Waals surface area contributed by atoms with Crippen LogP contribution in [0.1, 0.15) is 61.8 Å². The number of nitrogens with zero attached hydrogens (tertiary/aromatic N) is 1. The van der Waals surface area contributed by atoms with Crippen molar-refractivity contribution in [1.29, 1.82) is 0 Å². The molecule has 1 aliphatic heterocycles. The molecule has 0 aromatic heterocycles. The van der Waals surface area contributed by atoms with Crippen LogP contribution in [0.4, 0.5) is 4.79 Å². The highest BCUT2D eigenvalue weighted by Crippen LogP contribution is 2.64. The molecule has 1 aliphatic rings. The molecule has 182 valence electrons. The van der Waals surface area contributed by atoms with Gasteiger partial charge in [0.15, 0.2) is 5.44 Å². The maximum absolute atomic E-state index is 13.5. The van der Waals surface area contributed by atoms with Crippen molar-refractivity contribution in [2.45, 2.75) is 73.5 Å². The average Bonchev–Trinajstić information content (AvgIpc) is 3.00. The Morgan fingerprint density at radius 3 is 1.84 bits per heavy atom. The van der Waals surface area contributed by atoms with Crippen LogP contribution in [0.25, 0.3) is 0 Å². The summed E-state index contributed by atoms with van der Waals surface area (Å²) in [5, 5.41) is 0. The molecule has 0 bridgehead atoms. The first-order valence-electron chi connectivity index (χ1n) is 10.1. The van der Waals surface area contributed by atoms with E-state index in [2.05, 4.69) is 0 Å². The Hall–Kier alpha value is -0.890. The van der Waals surface area contributed by atoms with E-state index in [0.29, 0.717) is 0 Å². The molecular formula is C19H37NO9P2. The number of carbonyl (C=O) groups is 1. The molecule has 1 atom stereocenters. The van der Waals surface area contributed by atoms with Gasteiger partial charge in [-0.25, -0.2) is 9.36 Å². The first-order valence-corrected chi connectivity index (χ1v) is 13.1. The Bertz CT molecular complexity index is 749. The van der Waals surface area contributed by atoms with Crippen molar-refractivity contribution in [3.8, 4) is 0 Å². The zero-order valence-electron chi connectivity index (χ0n) is 20.2. The Kier molecular flexibility index (Phi) is 9.41. The van der Waals surface area contributed by atoms with Crippen molar-refractivity contribution in [3.05, 3.63) is 11.2 Å². The van der Waals surface area contributed by atoms with Crippen molar-refractivity contribution in [2.75, 3.05) is 27.4 Å². The second-order valence-corrected chi connectivity index (χ2v) is 12.7. The van der Waals surface area contributed by atoms with E-state index in [9.17, 15) is 13.9 Å². The van der Waals surface area contributed by atoms with Crippen LogP contribution < -0.4 is 0 Å². The monoisotopic (exact) mass is 485 g/mol. The topological polar surface area (TPSA) is 110 Å². The first-order chi connectivity index (χ1) is 14.1. The summed E-state index contributed by atoms with van der Waals surface area (Å²) in [5.41, 5.74) is -1.49. The lowest BCUT2D eigenvalue weighted by molar-refractivity contribution is 0.0171. The molecule has 1 rings (SSSR count). The minimum absolute atomic E-state index is 0.0250. The van der Waals surface area contributed by atoms with Gasteiger partial charge in [0, 0.05) is 20.6 Å². The van der Waals surface area contributed by atoms with Gasteiger partial charge in [-0.05, 0) is 40.0 Å². The fourth-order valence-electron chi connectivity index (χ4n) is 3.01. The summed E-state index contributed by atoms with van der Waals surface area (Å²) in [6.45, 7) is 14.3. The van der Waals surface area contributed by atoms with E-state index in [1.807, 2.05) is 20.8 Å². The van der Waals surface area contributed by atoms with Crippen LogP contribution in [0.3, 0.4) is 0 Å². The molecule has 0 saturated carbocycles. The highest BCUT2D eigenvalue weighted by Gasteiger charge is 2.53. The van der Waals surface area contributed by atoms with Crippen molar-refractivity contribution < 1.29 is 41.3 Å². The van der Waals surface area contributed by atoms with Crippen LogP contribution in [0.2, 0.25) is 0 Å². The quantitative estimate of drug-likeness (QED) is 0.369. The molecular weight excluding hydrogens is 448 g/mol. The predicted molar refractivity (Wildman–Crippen MR) is 117 cm³/mol. The van der Waals surface area contributed by atoms with Crippen LogP contribution in [0, 0.1) is 5.41 Å². The van der Waals surface area contributed by atoms with Gasteiger partial charge in [0.05, 0.1) is 19.3 Å². The summed E-state index contributed by atoms with van der Waals surface area (Å²) in [7, 11) is -5.70. The summed E-state index contributed by atoms with van der Waals surface area (Å²) in [6, 6.07) is -0.553. The minimum atomic E-state index is -4.04. The van der Waals surface area contributed by atoms with Gasteiger partial charge in [0.2, 0.25) is 0 Å². The minimum Gasteiger partial charge on any atom is -0.443 e. The molecule has 12 heteroatoms. The van der Waals surface area contributed by atoms with E-state index in [4.69, 9.17) is 27.4 Å². The number of hydrogen-bond acceptors (Lipinski definition) is 9. The van der Waals surface area contributed by atoms with Gasteiger partial charge in [0.25, 0.3) is 0 Å². The fourth-order valence-corrected chi connectivity index (χ4v) is 5.75. The summed E-state index contributed by atoms with van der Waals surface area (Å²) < 4.78 is 58.7. The highest BCUT2D eigenvalue weighted by molar-refractivity contribution is 7.58. The van der Waals surface area contributed by atoms with Gasteiger partial charge >= 0.3 is 21.5 Å². The molecule has 31 heavy (non-hydrogen) atoms.